The topological polar surface area (TPSA) is 95.5 Å². The summed E-state index contributed by atoms with van der Waals surface area (Å²) in [5, 5.41) is 14.5. The zero-order valence-electron chi connectivity index (χ0n) is 15.0. The van der Waals surface area contributed by atoms with Gasteiger partial charge in [-0.05, 0) is 30.7 Å². The van der Waals surface area contributed by atoms with Crippen LogP contribution in [0, 0.1) is 0 Å². The van der Waals surface area contributed by atoms with Gasteiger partial charge in [-0.25, -0.2) is 4.79 Å². The molecule has 1 atom stereocenters. The van der Waals surface area contributed by atoms with Crippen LogP contribution < -0.4 is 10.6 Å². The first kappa shape index (κ1) is 20.7. The molecule has 6 heteroatoms. The van der Waals surface area contributed by atoms with Gasteiger partial charge in [0.2, 0.25) is 5.91 Å². The van der Waals surface area contributed by atoms with Crippen molar-refractivity contribution in [3.05, 3.63) is 29.8 Å². The lowest BCUT2D eigenvalue weighted by Gasteiger charge is -2.14. The van der Waals surface area contributed by atoms with E-state index in [0.717, 1.165) is 19.3 Å². The van der Waals surface area contributed by atoms with E-state index < -0.39 is 17.9 Å². The Morgan fingerprint density at radius 3 is 2.16 bits per heavy atom. The van der Waals surface area contributed by atoms with Gasteiger partial charge in [-0.15, -0.1) is 0 Å². The second kappa shape index (κ2) is 11.2. The summed E-state index contributed by atoms with van der Waals surface area (Å²) in [6.45, 7) is 3.55. The number of anilines is 1. The Hall–Kier alpha value is -2.37. The maximum absolute atomic E-state index is 12.2. The number of nitrogens with one attached hydrogen (secondary N) is 2. The van der Waals surface area contributed by atoms with Gasteiger partial charge >= 0.3 is 5.97 Å². The molecule has 0 saturated carbocycles. The molecule has 0 aliphatic rings. The van der Waals surface area contributed by atoms with E-state index in [-0.39, 0.29) is 5.91 Å². The van der Waals surface area contributed by atoms with Gasteiger partial charge in [0.1, 0.15) is 6.04 Å². The van der Waals surface area contributed by atoms with E-state index in [4.69, 9.17) is 0 Å². The molecule has 1 aromatic carbocycles. The molecular weight excluding hydrogens is 320 g/mol. The molecule has 0 fully saturated rings. The fourth-order valence-corrected chi connectivity index (χ4v) is 2.54. The van der Waals surface area contributed by atoms with Gasteiger partial charge in [0.05, 0.1) is 0 Å². The van der Waals surface area contributed by atoms with Crippen molar-refractivity contribution in [3.63, 3.8) is 0 Å². The van der Waals surface area contributed by atoms with Crippen LogP contribution in [0.1, 0.15) is 69.2 Å². The van der Waals surface area contributed by atoms with Crippen molar-refractivity contribution in [1.82, 2.24) is 5.32 Å². The van der Waals surface area contributed by atoms with E-state index in [1.807, 2.05) is 0 Å². The van der Waals surface area contributed by atoms with Crippen molar-refractivity contribution >= 4 is 23.5 Å². The highest BCUT2D eigenvalue weighted by Crippen LogP contribution is 2.12. The number of carbonyl (C=O) groups excluding carboxylic acids is 2. The van der Waals surface area contributed by atoms with Crippen LogP contribution in [0.4, 0.5) is 5.69 Å². The van der Waals surface area contributed by atoms with E-state index in [0.29, 0.717) is 17.7 Å². The van der Waals surface area contributed by atoms with E-state index >= 15 is 0 Å². The summed E-state index contributed by atoms with van der Waals surface area (Å²) in [5.74, 6) is -1.63. The third-order valence-electron chi connectivity index (χ3n) is 3.92. The second-order valence-electron chi connectivity index (χ2n) is 6.18. The van der Waals surface area contributed by atoms with Gasteiger partial charge in [-0.3, -0.25) is 9.59 Å². The summed E-state index contributed by atoms with van der Waals surface area (Å²) in [6, 6.07) is 5.46. The lowest BCUT2D eigenvalue weighted by atomic mass is 10.1. The Labute approximate surface area is 149 Å². The minimum atomic E-state index is -1.02. The molecular formula is C19H28N2O4. The molecule has 1 aromatic rings. The molecule has 0 radical (unpaired) electrons. The van der Waals surface area contributed by atoms with E-state index in [1.54, 1.807) is 24.3 Å². The Morgan fingerprint density at radius 1 is 1.00 bits per heavy atom. The Kier molecular flexibility index (Phi) is 9.29. The van der Waals surface area contributed by atoms with Crippen molar-refractivity contribution in [3.8, 4) is 0 Å². The highest BCUT2D eigenvalue weighted by atomic mass is 16.4. The molecule has 1 rings (SSSR count). The quantitative estimate of drug-likeness (QED) is 0.533. The number of amides is 2. The number of unbranched alkanes of at least 4 members (excludes halogenated alkanes) is 5. The van der Waals surface area contributed by atoms with Crippen LogP contribution in [-0.2, 0) is 9.59 Å². The van der Waals surface area contributed by atoms with Gasteiger partial charge in [0.15, 0.2) is 0 Å². The maximum atomic E-state index is 12.2. The standard InChI is InChI=1S/C19H28N2O4/c1-3-4-5-6-7-8-9-17(19(24)25)21-18(23)15-10-12-16(13-11-15)20-14(2)22/h10-13,17H,3-9H2,1-2H3,(H,20,22)(H,21,23)(H,24,25)/t17-/m0/s1. The second-order valence-corrected chi connectivity index (χ2v) is 6.18. The number of hydrogen-bond acceptors (Lipinski definition) is 3. The number of rotatable bonds is 11. The first-order valence-corrected chi connectivity index (χ1v) is 8.85. The predicted octanol–water partition coefficient (Wildman–Crippen LogP) is 3.58. The molecule has 0 unspecified atom stereocenters. The lowest BCUT2D eigenvalue weighted by molar-refractivity contribution is -0.139. The molecule has 6 nitrogen and oxygen atoms in total. The molecule has 2 amide bonds. The van der Waals surface area contributed by atoms with Gasteiger partial charge in [0, 0.05) is 18.2 Å². The highest BCUT2D eigenvalue weighted by Gasteiger charge is 2.20. The van der Waals surface area contributed by atoms with Crippen molar-refractivity contribution in [2.45, 2.75) is 64.8 Å². The molecule has 0 bridgehead atoms. The van der Waals surface area contributed by atoms with E-state index in [9.17, 15) is 19.5 Å². The largest absolute Gasteiger partial charge is 0.480 e. The molecule has 0 aromatic heterocycles. The SMILES string of the molecule is CCCCCCCC[C@H](NC(=O)c1ccc(NC(C)=O)cc1)C(=O)O. The third-order valence-corrected chi connectivity index (χ3v) is 3.92. The van der Waals surface area contributed by atoms with Gasteiger partial charge < -0.3 is 15.7 Å². The number of carboxylic acid groups (broad SMARTS) is 1. The van der Waals surface area contributed by atoms with Crippen molar-refractivity contribution in [1.29, 1.82) is 0 Å². The highest BCUT2D eigenvalue weighted by molar-refractivity contribution is 5.97. The molecule has 0 aliphatic carbocycles. The van der Waals surface area contributed by atoms with Crippen LogP contribution in [-0.4, -0.2) is 28.9 Å². The number of hydrogen-bond donors (Lipinski definition) is 3. The van der Waals surface area contributed by atoms with Crippen LogP contribution in [0.3, 0.4) is 0 Å². The van der Waals surface area contributed by atoms with Crippen molar-refractivity contribution in [2.75, 3.05) is 5.32 Å². The summed E-state index contributed by atoms with van der Waals surface area (Å²) in [4.78, 5) is 34.5. The first-order valence-electron chi connectivity index (χ1n) is 8.85. The van der Waals surface area contributed by atoms with E-state index in [1.165, 1.54) is 26.2 Å². The van der Waals surface area contributed by atoms with Crippen LogP contribution >= 0.6 is 0 Å². The molecule has 3 N–H and O–H groups in total. The van der Waals surface area contributed by atoms with Crippen LogP contribution in [0.2, 0.25) is 0 Å². The van der Waals surface area contributed by atoms with Crippen molar-refractivity contribution < 1.29 is 19.5 Å². The van der Waals surface area contributed by atoms with Crippen LogP contribution in [0.15, 0.2) is 24.3 Å². The third kappa shape index (κ3) is 8.33. The molecule has 0 saturated heterocycles. The predicted molar refractivity (Wildman–Crippen MR) is 97.6 cm³/mol. The molecule has 0 spiro atoms. The summed E-state index contributed by atoms with van der Waals surface area (Å²) in [5.41, 5.74) is 0.953. The smallest absolute Gasteiger partial charge is 0.326 e. The van der Waals surface area contributed by atoms with Crippen molar-refractivity contribution in [2.24, 2.45) is 0 Å². The number of benzene rings is 1. The lowest BCUT2D eigenvalue weighted by Crippen LogP contribution is -2.40. The number of aliphatic carboxylic acids is 1. The molecule has 25 heavy (non-hydrogen) atoms. The average Bonchev–Trinajstić information content (AvgIpc) is 2.56. The summed E-state index contributed by atoms with van der Waals surface area (Å²) < 4.78 is 0. The van der Waals surface area contributed by atoms with Gasteiger partial charge in [-0.2, -0.15) is 0 Å². The molecule has 0 aliphatic heterocycles. The molecule has 0 heterocycles. The minimum Gasteiger partial charge on any atom is -0.480 e. The Morgan fingerprint density at radius 2 is 1.60 bits per heavy atom. The minimum absolute atomic E-state index is 0.193. The summed E-state index contributed by atoms with van der Waals surface area (Å²) in [7, 11) is 0. The fraction of sp³-hybridized carbons (Fsp3) is 0.526. The monoisotopic (exact) mass is 348 g/mol. The van der Waals surface area contributed by atoms with Gasteiger partial charge in [0.25, 0.3) is 5.91 Å². The average molecular weight is 348 g/mol. The number of carbonyl (C=O) groups is 3. The Balaban J connectivity index is 2.49. The molecule has 138 valence electrons. The normalized spacial score (nSPS) is 11.6. The fourth-order valence-electron chi connectivity index (χ4n) is 2.54. The number of carboxylic acids is 1. The summed E-state index contributed by atoms with van der Waals surface area (Å²) >= 11 is 0. The van der Waals surface area contributed by atoms with Gasteiger partial charge in [-0.1, -0.05) is 45.4 Å². The maximum Gasteiger partial charge on any atom is 0.326 e. The zero-order valence-corrected chi connectivity index (χ0v) is 15.0. The Bertz CT molecular complexity index is 569. The summed E-state index contributed by atoms with van der Waals surface area (Å²) in [6.07, 6.45) is 6.83. The first-order chi connectivity index (χ1) is 11.9. The van der Waals surface area contributed by atoms with Crippen LogP contribution in [0.5, 0.6) is 0 Å². The van der Waals surface area contributed by atoms with Crippen LogP contribution in [0.25, 0.3) is 0 Å². The zero-order chi connectivity index (χ0) is 18.7. The van der Waals surface area contributed by atoms with E-state index in [2.05, 4.69) is 17.6 Å².